The molecule has 1 amide bonds. The van der Waals surface area contributed by atoms with Gasteiger partial charge in [-0.3, -0.25) is 4.79 Å². The van der Waals surface area contributed by atoms with Gasteiger partial charge in [0.25, 0.3) is 0 Å². The number of rotatable bonds is 7. The second kappa shape index (κ2) is 8.96. The number of amides is 1. The third-order valence-corrected chi connectivity index (χ3v) is 6.25. The average Bonchev–Trinajstić information content (AvgIpc) is 3.26. The van der Waals surface area contributed by atoms with Crippen molar-refractivity contribution in [3.63, 3.8) is 0 Å². The van der Waals surface area contributed by atoms with E-state index in [1.165, 1.54) is 11.3 Å². The van der Waals surface area contributed by atoms with Gasteiger partial charge in [0.1, 0.15) is 5.82 Å². The van der Waals surface area contributed by atoms with Crippen LogP contribution in [0.4, 0.5) is 11.4 Å². The number of fused-ring (bicyclic) bond motifs is 2. The topological polar surface area (TPSA) is 113 Å². The standard InChI is InChI=1S/C26H28N6O/c27-14-20-13-18(26(28)33)10-11-19(20)15-32(16-24-30-21-7-1-2-8-22(21)31-24)23-9-3-5-17-6-4-12-29-25(17)23/h1-3,5,7-11,13,29H,4,6,12,14-16,27H2,(H2,28,33)(H,30,31). The molecule has 2 heterocycles. The Morgan fingerprint density at radius 3 is 2.73 bits per heavy atom. The monoisotopic (exact) mass is 440 g/mol. The molecule has 7 nitrogen and oxygen atoms in total. The van der Waals surface area contributed by atoms with Gasteiger partial charge in [0.15, 0.2) is 0 Å². The number of benzene rings is 3. The number of imidazole rings is 1. The first-order valence-electron chi connectivity index (χ1n) is 11.3. The molecule has 1 aliphatic heterocycles. The summed E-state index contributed by atoms with van der Waals surface area (Å²) < 4.78 is 0. The van der Waals surface area contributed by atoms with Gasteiger partial charge in [0.05, 0.1) is 29.0 Å². The maximum Gasteiger partial charge on any atom is 0.248 e. The molecule has 0 saturated heterocycles. The summed E-state index contributed by atoms with van der Waals surface area (Å²) in [6, 6.07) is 20.0. The number of hydrogen-bond donors (Lipinski definition) is 4. The lowest BCUT2D eigenvalue weighted by Gasteiger charge is -2.30. The zero-order chi connectivity index (χ0) is 22.8. The molecule has 168 valence electrons. The van der Waals surface area contributed by atoms with E-state index in [1.807, 2.05) is 30.3 Å². The maximum atomic E-state index is 11.7. The van der Waals surface area contributed by atoms with E-state index < -0.39 is 5.91 Å². The number of carbonyl (C=O) groups is 1. The predicted octanol–water partition coefficient (Wildman–Crippen LogP) is 3.69. The number of nitrogens with two attached hydrogens (primary N) is 2. The van der Waals surface area contributed by atoms with Crippen molar-refractivity contribution in [3.05, 3.63) is 88.7 Å². The summed E-state index contributed by atoms with van der Waals surface area (Å²) in [5.74, 6) is 0.448. The Balaban J connectivity index is 1.55. The Morgan fingerprint density at radius 1 is 1.03 bits per heavy atom. The van der Waals surface area contributed by atoms with E-state index in [9.17, 15) is 4.79 Å². The highest BCUT2D eigenvalue weighted by atomic mass is 16.1. The lowest BCUT2D eigenvalue weighted by molar-refractivity contribution is 0.1000. The lowest BCUT2D eigenvalue weighted by Crippen LogP contribution is -2.26. The highest BCUT2D eigenvalue weighted by molar-refractivity contribution is 5.93. The van der Waals surface area contributed by atoms with Crippen LogP contribution in [0.25, 0.3) is 11.0 Å². The van der Waals surface area contributed by atoms with Gasteiger partial charge in [0, 0.05) is 25.2 Å². The first-order valence-corrected chi connectivity index (χ1v) is 11.3. The third kappa shape index (κ3) is 4.27. The summed E-state index contributed by atoms with van der Waals surface area (Å²) in [5, 5.41) is 3.60. The van der Waals surface area contributed by atoms with E-state index in [1.54, 1.807) is 12.1 Å². The zero-order valence-electron chi connectivity index (χ0n) is 18.5. The summed E-state index contributed by atoms with van der Waals surface area (Å²) in [7, 11) is 0. The molecule has 5 rings (SSSR count). The van der Waals surface area contributed by atoms with Crippen molar-refractivity contribution in [2.45, 2.75) is 32.5 Å². The molecular weight excluding hydrogens is 412 g/mol. The van der Waals surface area contributed by atoms with Gasteiger partial charge in [-0.15, -0.1) is 0 Å². The number of primary amides is 1. The van der Waals surface area contributed by atoms with Crippen molar-refractivity contribution < 1.29 is 4.79 Å². The first kappa shape index (κ1) is 21.0. The van der Waals surface area contributed by atoms with Crippen LogP contribution >= 0.6 is 0 Å². The number of nitrogens with zero attached hydrogens (tertiary/aromatic N) is 2. The number of aryl methyl sites for hydroxylation is 1. The van der Waals surface area contributed by atoms with Crippen LogP contribution in [0.1, 0.15) is 39.3 Å². The van der Waals surface area contributed by atoms with Crippen LogP contribution in [0.2, 0.25) is 0 Å². The van der Waals surface area contributed by atoms with Crippen LogP contribution < -0.4 is 21.7 Å². The first-order chi connectivity index (χ1) is 16.1. The summed E-state index contributed by atoms with van der Waals surface area (Å²) in [6.07, 6.45) is 2.20. The van der Waals surface area contributed by atoms with E-state index in [4.69, 9.17) is 16.5 Å². The Morgan fingerprint density at radius 2 is 1.91 bits per heavy atom. The van der Waals surface area contributed by atoms with Gasteiger partial charge >= 0.3 is 0 Å². The highest BCUT2D eigenvalue weighted by Crippen LogP contribution is 2.35. The Kier molecular flexibility index (Phi) is 5.71. The molecule has 4 aromatic rings. The quantitative estimate of drug-likeness (QED) is 0.350. The molecule has 6 N–H and O–H groups in total. The minimum atomic E-state index is -0.447. The number of anilines is 2. The minimum Gasteiger partial charge on any atom is -0.383 e. The largest absolute Gasteiger partial charge is 0.383 e. The molecule has 0 unspecified atom stereocenters. The van der Waals surface area contributed by atoms with E-state index in [-0.39, 0.29) is 0 Å². The molecule has 0 bridgehead atoms. The minimum absolute atomic E-state index is 0.333. The van der Waals surface area contributed by atoms with Crippen molar-refractivity contribution in [1.29, 1.82) is 0 Å². The fourth-order valence-corrected chi connectivity index (χ4v) is 4.57. The smallest absolute Gasteiger partial charge is 0.248 e. The van der Waals surface area contributed by atoms with Gasteiger partial charge in [-0.1, -0.05) is 30.3 Å². The molecule has 0 spiro atoms. The normalized spacial score (nSPS) is 12.9. The molecule has 0 fully saturated rings. The molecule has 3 aromatic carbocycles. The molecule has 0 radical (unpaired) electrons. The summed E-state index contributed by atoms with van der Waals surface area (Å²) in [6.45, 7) is 2.53. The number of carbonyl (C=O) groups excluding carboxylic acids is 1. The second-order valence-corrected chi connectivity index (χ2v) is 8.45. The number of aromatic amines is 1. The van der Waals surface area contributed by atoms with Gasteiger partial charge in [-0.25, -0.2) is 4.98 Å². The Bertz CT molecular complexity index is 1280. The van der Waals surface area contributed by atoms with Crippen molar-refractivity contribution in [1.82, 2.24) is 9.97 Å². The van der Waals surface area contributed by atoms with Crippen LogP contribution in [0, 0.1) is 0 Å². The van der Waals surface area contributed by atoms with Crippen LogP contribution in [0.3, 0.4) is 0 Å². The van der Waals surface area contributed by atoms with Gasteiger partial charge in [-0.2, -0.15) is 0 Å². The second-order valence-electron chi connectivity index (χ2n) is 8.45. The fourth-order valence-electron chi connectivity index (χ4n) is 4.57. The summed E-state index contributed by atoms with van der Waals surface area (Å²) >= 11 is 0. The highest BCUT2D eigenvalue weighted by Gasteiger charge is 2.20. The van der Waals surface area contributed by atoms with Crippen LogP contribution in [-0.4, -0.2) is 22.4 Å². The Labute approximate surface area is 192 Å². The Hall–Kier alpha value is -3.84. The van der Waals surface area contributed by atoms with Crippen molar-refractivity contribution in [2.75, 3.05) is 16.8 Å². The molecule has 1 aliphatic rings. The number of nitrogens with one attached hydrogen (secondary N) is 2. The average molecular weight is 441 g/mol. The van der Waals surface area contributed by atoms with Crippen LogP contribution in [-0.2, 0) is 26.1 Å². The van der Waals surface area contributed by atoms with Gasteiger partial charge in [-0.05, 0) is 59.9 Å². The predicted molar refractivity (Wildman–Crippen MR) is 132 cm³/mol. The summed E-state index contributed by atoms with van der Waals surface area (Å²) in [4.78, 5) is 22.2. The van der Waals surface area contributed by atoms with E-state index in [2.05, 4.69) is 33.4 Å². The van der Waals surface area contributed by atoms with Crippen molar-refractivity contribution >= 4 is 28.3 Å². The number of H-pyrrole nitrogens is 1. The van der Waals surface area contributed by atoms with E-state index in [0.717, 1.165) is 53.1 Å². The zero-order valence-corrected chi connectivity index (χ0v) is 18.5. The molecule has 0 saturated carbocycles. The van der Waals surface area contributed by atoms with Gasteiger partial charge < -0.3 is 26.7 Å². The SMILES string of the molecule is NCc1cc(C(N)=O)ccc1CN(Cc1nc2ccccc2[nH]1)c1cccc2c1NCCC2. The van der Waals surface area contributed by atoms with E-state index in [0.29, 0.717) is 25.2 Å². The van der Waals surface area contributed by atoms with Crippen molar-refractivity contribution in [3.8, 4) is 0 Å². The maximum absolute atomic E-state index is 11.7. The van der Waals surface area contributed by atoms with Crippen LogP contribution in [0.5, 0.6) is 0 Å². The molecule has 33 heavy (non-hydrogen) atoms. The third-order valence-electron chi connectivity index (χ3n) is 6.25. The summed E-state index contributed by atoms with van der Waals surface area (Å²) in [5.41, 5.74) is 19.6. The van der Waals surface area contributed by atoms with E-state index >= 15 is 0 Å². The van der Waals surface area contributed by atoms with Gasteiger partial charge in [0.2, 0.25) is 5.91 Å². The van der Waals surface area contributed by atoms with Crippen LogP contribution in [0.15, 0.2) is 60.7 Å². The number of aromatic nitrogens is 2. The fraction of sp³-hybridized carbons (Fsp3) is 0.231. The molecule has 0 atom stereocenters. The molecule has 1 aromatic heterocycles. The number of hydrogen-bond acceptors (Lipinski definition) is 5. The molecule has 7 heteroatoms. The lowest BCUT2D eigenvalue weighted by atomic mass is 10.00. The molecular formula is C26H28N6O. The van der Waals surface area contributed by atoms with Crippen molar-refractivity contribution in [2.24, 2.45) is 11.5 Å². The molecule has 0 aliphatic carbocycles. The number of para-hydroxylation sites is 3.